The Kier molecular flexibility index (Phi) is 5.57. The van der Waals surface area contributed by atoms with Gasteiger partial charge in [0.25, 0.3) is 0 Å². The van der Waals surface area contributed by atoms with Crippen molar-refractivity contribution in [1.82, 2.24) is 0 Å². The quantitative estimate of drug-likeness (QED) is 0.429. The topological polar surface area (TPSA) is 43.2 Å². The van der Waals surface area contributed by atoms with Crippen LogP contribution in [-0.2, 0) is 9.47 Å². The molecule has 3 aromatic rings. The molecule has 174 valence electrons. The fourth-order valence-corrected chi connectivity index (χ4v) is 4.93. The molecule has 0 saturated heterocycles. The second kappa shape index (κ2) is 9.03. The Morgan fingerprint density at radius 1 is 0.657 bits per heavy atom. The van der Waals surface area contributed by atoms with E-state index in [9.17, 15) is 0 Å². The number of fused-ring (bicyclic) bond motifs is 1. The van der Waals surface area contributed by atoms with E-state index in [1.807, 2.05) is 36.4 Å². The van der Waals surface area contributed by atoms with Crippen molar-refractivity contribution in [2.75, 3.05) is 13.2 Å². The first-order valence-electron chi connectivity index (χ1n) is 12.2. The van der Waals surface area contributed by atoms with Crippen LogP contribution < -0.4 is 0 Å². The summed E-state index contributed by atoms with van der Waals surface area (Å²) in [5.41, 5.74) is 9.87. The largest absolute Gasteiger partial charge is 0.475 e. The molecule has 0 radical (unpaired) electrons. The number of aryl methyl sites for hydroxylation is 2. The van der Waals surface area contributed by atoms with Crippen molar-refractivity contribution in [1.29, 1.82) is 0 Å². The van der Waals surface area contributed by atoms with Gasteiger partial charge in [-0.25, -0.2) is 9.98 Å². The zero-order valence-corrected chi connectivity index (χ0v) is 20.1. The minimum absolute atomic E-state index is 0.0508. The second-order valence-corrected chi connectivity index (χ2v) is 9.41. The maximum Gasteiger partial charge on any atom is 0.209 e. The monoisotopic (exact) mass is 460 g/mol. The van der Waals surface area contributed by atoms with E-state index in [4.69, 9.17) is 19.5 Å². The third-order valence-electron chi connectivity index (χ3n) is 7.02. The van der Waals surface area contributed by atoms with Crippen LogP contribution in [0.1, 0.15) is 51.9 Å². The SMILES string of the molecule is Cc1cc2c(cc1C)/C(=C/C1=N[C@@H](c3ccccc3)CO1)C/C2=C\C1=N[C@@H](c2ccccc2)CO1. The van der Waals surface area contributed by atoms with Crippen molar-refractivity contribution in [2.45, 2.75) is 32.4 Å². The number of nitrogens with zero attached hydrogens (tertiary/aromatic N) is 2. The van der Waals surface area contributed by atoms with Crippen LogP contribution in [0.3, 0.4) is 0 Å². The molecule has 3 aliphatic rings. The van der Waals surface area contributed by atoms with Crippen molar-refractivity contribution in [3.63, 3.8) is 0 Å². The lowest BCUT2D eigenvalue weighted by molar-refractivity contribution is 0.321. The van der Waals surface area contributed by atoms with Crippen LogP contribution in [0, 0.1) is 13.8 Å². The van der Waals surface area contributed by atoms with Gasteiger partial charge in [0.05, 0.1) is 0 Å². The molecule has 6 rings (SSSR count). The number of hydrogen-bond donors (Lipinski definition) is 0. The van der Waals surface area contributed by atoms with Gasteiger partial charge in [-0.2, -0.15) is 0 Å². The zero-order valence-electron chi connectivity index (χ0n) is 20.1. The Bertz CT molecular complexity index is 1280. The van der Waals surface area contributed by atoms with Crippen LogP contribution in [0.2, 0.25) is 0 Å². The molecule has 2 heterocycles. The molecule has 2 atom stereocenters. The molecule has 4 heteroatoms. The molecule has 0 aromatic heterocycles. The standard InChI is InChI=1S/C31H28N2O2/c1-20-13-26-24(16-30-32-28(18-34-30)22-9-5-3-6-10-22)15-25(27(26)14-21(20)2)17-31-33-29(19-35-31)23-11-7-4-8-12-23/h3-14,16-17,28-29H,15,18-19H2,1-2H3/b24-16+,25-17+/t28-,29-/m1/s1. The molecule has 0 N–H and O–H groups in total. The summed E-state index contributed by atoms with van der Waals surface area (Å²) >= 11 is 0. The van der Waals surface area contributed by atoms with E-state index < -0.39 is 0 Å². The highest BCUT2D eigenvalue weighted by Crippen LogP contribution is 2.42. The zero-order chi connectivity index (χ0) is 23.8. The van der Waals surface area contributed by atoms with E-state index in [1.165, 1.54) is 44.5 Å². The molecule has 0 fully saturated rings. The summed E-state index contributed by atoms with van der Waals surface area (Å²) < 4.78 is 12.0. The first-order valence-corrected chi connectivity index (χ1v) is 12.2. The third-order valence-corrected chi connectivity index (χ3v) is 7.02. The highest BCUT2D eigenvalue weighted by molar-refractivity contribution is 6.06. The van der Waals surface area contributed by atoms with E-state index in [2.05, 4.69) is 62.4 Å². The smallest absolute Gasteiger partial charge is 0.209 e. The minimum Gasteiger partial charge on any atom is -0.475 e. The highest BCUT2D eigenvalue weighted by Gasteiger charge is 2.27. The van der Waals surface area contributed by atoms with Crippen LogP contribution in [0.4, 0.5) is 0 Å². The van der Waals surface area contributed by atoms with Crippen molar-refractivity contribution in [3.05, 3.63) is 118 Å². The Balaban J connectivity index is 1.32. The summed E-state index contributed by atoms with van der Waals surface area (Å²) in [7, 11) is 0. The van der Waals surface area contributed by atoms with Gasteiger partial charge in [-0.15, -0.1) is 0 Å². The summed E-state index contributed by atoms with van der Waals surface area (Å²) in [6.45, 7) is 5.49. The van der Waals surface area contributed by atoms with E-state index in [0.29, 0.717) is 25.0 Å². The van der Waals surface area contributed by atoms with Crippen molar-refractivity contribution in [2.24, 2.45) is 9.98 Å². The molecule has 35 heavy (non-hydrogen) atoms. The Morgan fingerprint density at radius 2 is 1.09 bits per heavy atom. The van der Waals surface area contributed by atoms with Crippen LogP contribution in [0.5, 0.6) is 0 Å². The summed E-state index contributed by atoms with van der Waals surface area (Å²) in [6.07, 6.45) is 5.03. The fraction of sp³-hybridized carbons (Fsp3) is 0.226. The number of allylic oxidation sites excluding steroid dienone is 2. The van der Waals surface area contributed by atoms with E-state index in [-0.39, 0.29) is 12.1 Å². The average molecular weight is 461 g/mol. The summed E-state index contributed by atoms with van der Waals surface area (Å²) in [5, 5.41) is 0. The first kappa shape index (κ1) is 21.6. The number of aliphatic imine (C=N–C) groups is 2. The first-order chi connectivity index (χ1) is 17.1. The molecule has 0 amide bonds. The minimum atomic E-state index is 0.0508. The van der Waals surface area contributed by atoms with Gasteiger partial charge in [0.15, 0.2) is 0 Å². The summed E-state index contributed by atoms with van der Waals surface area (Å²) in [6, 6.07) is 25.3. The predicted molar refractivity (Wildman–Crippen MR) is 142 cm³/mol. The highest BCUT2D eigenvalue weighted by atomic mass is 16.5. The van der Waals surface area contributed by atoms with Gasteiger partial charge in [-0.3, -0.25) is 0 Å². The van der Waals surface area contributed by atoms with Gasteiger partial charge in [0.1, 0.15) is 25.3 Å². The normalized spacial score (nSPS) is 23.1. The molecule has 3 aromatic carbocycles. The lowest BCUT2D eigenvalue weighted by Crippen LogP contribution is -1.98. The fourth-order valence-electron chi connectivity index (χ4n) is 4.93. The summed E-state index contributed by atoms with van der Waals surface area (Å²) in [5.74, 6) is 1.41. The molecule has 0 bridgehead atoms. The maximum absolute atomic E-state index is 5.99. The van der Waals surface area contributed by atoms with Crippen molar-refractivity contribution in [3.8, 4) is 0 Å². The second-order valence-electron chi connectivity index (χ2n) is 9.41. The van der Waals surface area contributed by atoms with Gasteiger partial charge < -0.3 is 9.47 Å². The number of ether oxygens (including phenoxy) is 2. The Labute approximate surface area is 206 Å². The Morgan fingerprint density at radius 3 is 1.51 bits per heavy atom. The van der Waals surface area contributed by atoms with Crippen molar-refractivity contribution < 1.29 is 9.47 Å². The molecular formula is C31H28N2O2. The Hall–Kier alpha value is -3.92. The van der Waals surface area contributed by atoms with Crippen molar-refractivity contribution >= 4 is 22.9 Å². The van der Waals surface area contributed by atoms with Crippen LogP contribution in [0.15, 0.2) is 94.9 Å². The van der Waals surface area contributed by atoms with Gasteiger partial charge in [0, 0.05) is 12.2 Å². The summed E-state index contributed by atoms with van der Waals surface area (Å²) in [4.78, 5) is 9.71. The van der Waals surface area contributed by atoms with E-state index in [1.54, 1.807) is 0 Å². The van der Waals surface area contributed by atoms with Gasteiger partial charge in [0.2, 0.25) is 11.8 Å². The maximum atomic E-state index is 5.99. The van der Waals surface area contributed by atoms with Gasteiger partial charge in [-0.1, -0.05) is 72.8 Å². The lowest BCUT2D eigenvalue weighted by atomic mass is 9.99. The molecule has 2 aliphatic heterocycles. The molecule has 0 saturated carbocycles. The van der Waals surface area contributed by atoms with E-state index >= 15 is 0 Å². The third kappa shape index (κ3) is 4.32. The molecule has 0 unspecified atom stereocenters. The van der Waals surface area contributed by atoms with Crippen LogP contribution >= 0.6 is 0 Å². The predicted octanol–water partition coefficient (Wildman–Crippen LogP) is 6.81. The molecule has 4 nitrogen and oxygen atoms in total. The lowest BCUT2D eigenvalue weighted by Gasteiger charge is -2.07. The van der Waals surface area contributed by atoms with Gasteiger partial charge >= 0.3 is 0 Å². The molecule has 1 aliphatic carbocycles. The molecular weight excluding hydrogens is 432 g/mol. The van der Waals surface area contributed by atoms with Gasteiger partial charge in [-0.05, 0) is 64.8 Å². The number of hydrogen-bond acceptors (Lipinski definition) is 4. The van der Waals surface area contributed by atoms with E-state index in [0.717, 1.165) is 6.42 Å². The molecule has 0 spiro atoms. The number of benzene rings is 3. The average Bonchev–Trinajstić information content (AvgIpc) is 3.62. The number of rotatable bonds is 4. The van der Waals surface area contributed by atoms with Crippen LogP contribution in [0.25, 0.3) is 11.1 Å². The van der Waals surface area contributed by atoms with Crippen LogP contribution in [-0.4, -0.2) is 25.0 Å².